The third-order valence-corrected chi connectivity index (χ3v) is 4.44. The number of ether oxygens (including phenoxy) is 3. The third kappa shape index (κ3) is 4.74. The van der Waals surface area contributed by atoms with Gasteiger partial charge in [0.1, 0.15) is 23.9 Å². The minimum Gasteiger partial charge on any atom is -0.497 e. The molecule has 0 saturated carbocycles. The van der Waals surface area contributed by atoms with Crippen LogP contribution in [0.1, 0.15) is 5.56 Å². The lowest BCUT2D eigenvalue weighted by Crippen LogP contribution is -1.95. The van der Waals surface area contributed by atoms with Gasteiger partial charge in [0.05, 0.1) is 7.11 Å². The van der Waals surface area contributed by atoms with Gasteiger partial charge in [0.2, 0.25) is 5.88 Å². The van der Waals surface area contributed by atoms with Crippen molar-refractivity contribution in [1.82, 2.24) is 4.98 Å². The summed E-state index contributed by atoms with van der Waals surface area (Å²) in [4.78, 5) is 4.41. The lowest BCUT2D eigenvalue weighted by Gasteiger charge is -2.12. The van der Waals surface area contributed by atoms with Crippen molar-refractivity contribution in [1.29, 1.82) is 0 Å². The number of nitrogens with zero attached hydrogens (tertiary/aromatic N) is 1. The molecule has 29 heavy (non-hydrogen) atoms. The zero-order valence-corrected chi connectivity index (χ0v) is 16.1. The smallest absolute Gasteiger partial charge is 0.227 e. The molecule has 0 atom stereocenters. The van der Waals surface area contributed by atoms with Crippen LogP contribution in [0, 0.1) is 0 Å². The predicted molar refractivity (Wildman–Crippen MR) is 114 cm³/mol. The predicted octanol–water partition coefficient (Wildman–Crippen LogP) is 6.13. The molecule has 4 aromatic rings. The van der Waals surface area contributed by atoms with Crippen molar-refractivity contribution in [3.63, 3.8) is 0 Å². The zero-order chi connectivity index (χ0) is 19.9. The summed E-state index contributed by atoms with van der Waals surface area (Å²) in [5.74, 6) is 2.81. The van der Waals surface area contributed by atoms with Gasteiger partial charge in [-0.2, -0.15) is 0 Å². The number of hydrogen-bond donors (Lipinski definition) is 0. The van der Waals surface area contributed by atoms with E-state index >= 15 is 0 Å². The summed E-state index contributed by atoms with van der Waals surface area (Å²) in [5, 5.41) is 0. The zero-order valence-electron chi connectivity index (χ0n) is 16.1. The Morgan fingerprint density at radius 2 is 1.52 bits per heavy atom. The summed E-state index contributed by atoms with van der Waals surface area (Å²) >= 11 is 0. The van der Waals surface area contributed by atoms with Crippen LogP contribution in [-0.4, -0.2) is 12.1 Å². The highest BCUT2D eigenvalue weighted by Crippen LogP contribution is 2.33. The summed E-state index contributed by atoms with van der Waals surface area (Å²) in [5.41, 5.74) is 3.01. The van der Waals surface area contributed by atoms with Gasteiger partial charge in [-0.25, -0.2) is 4.98 Å². The number of hydrogen-bond acceptors (Lipinski definition) is 4. The average Bonchev–Trinajstić information content (AvgIpc) is 2.80. The van der Waals surface area contributed by atoms with Crippen molar-refractivity contribution in [3.05, 3.63) is 103 Å². The monoisotopic (exact) mass is 383 g/mol. The van der Waals surface area contributed by atoms with Gasteiger partial charge >= 0.3 is 0 Å². The van der Waals surface area contributed by atoms with E-state index in [4.69, 9.17) is 14.2 Å². The SMILES string of the molecule is COc1cccc(-c2cccnc2Oc2ccc(OCc3ccccc3)cc2)c1. The highest BCUT2D eigenvalue weighted by Gasteiger charge is 2.10. The van der Waals surface area contributed by atoms with Crippen molar-refractivity contribution < 1.29 is 14.2 Å². The van der Waals surface area contributed by atoms with E-state index in [0.29, 0.717) is 18.2 Å². The fraction of sp³-hybridized carbons (Fsp3) is 0.0800. The topological polar surface area (TPSA) is 40.6 Å². The van der Waals surface area contributed by atoms with Gasteiger partial charge in [-0.1, -0.05) is 42.5 Å². The van der Waals surface area contributed by atoms with E-state index in [1.807, 2.05) is 91.0 Å². The summed E-state index contributed by atoms with van der Waals surface area (Å²) in [7, 11) is 1.65. The summed E-state index contributed by atoms with van der Waals surface area (Å²) in [6, 6.07) is 29.3. The molecule has 0 aliphatic heterocycles. The Bertz CT molecular complexity index is 1060. The van der Waals surface area contributed by atoms with Crippen LogP contribution in [0.15, 0.2) is 97.2 Å². The van der Waals surface area contributed by atoms with Crippen molar-refractivity contribution in [2.75, 3.05) is 7.11 Å². The molecule has 0 bridgehead atoms. The molecule has 0 saturated heterocycles. The normalized spacial score (nSPS) is 10.4. The van der Waals surface area contributed by atoms with E-state index in [1.165, 1.54) is 0 Å². The first-order valence-corrected chi connectivity index (χ1v) is 9.36. The maximum absolute atomic E-state index is 6.05. The first-order valence-electron chi connectivity index (χ1n) is 9.36. The van der Waals surface area contributed by atoms with Crippen LogP contribution in [0.4, 0.5) is 0 Å². The van der Waals surface area contributed by atoms with Crippen molar-refractivity contribution in [2.45, 2.75) is 6.61 Å². The van der Waals surface area contributed by atoms with Gasteiger partial charge in [-0.05, 0) is 59.7 Å². The lowest BCUT2D eigenvalue weighted by atomic mass is 10.1. The molecule has 1 heterocycles. The Balaban J connectivity index is 1.48. The first-order chi connectivity index (χ1) is 14.3. The molecule has 0 N–H and O–H groups in total. The van der Waals surface area contributed by atoms with Crippen molar-refractivity contribution in [3.8, 4) is 34.3 Å². The van der Waals surface area contributed by atoms with Crippen LogP contribution < -0.4 is 14.2 Å². The molecule has 1 aromatic heterocycles. The Morgan fingerprint density at radius 1 is 0.724 bits per heavy atom. The summed E-state index contributed by atoms with van der Waals surface area (Å²) < 4.78 is 17.2. The van der Waals surface area contributed by atoms with Gasteiger partial charge < -0.3 is 14.2 Å². The Morgan fingerprint density at radius 3 is 2.31 bits per heavy atom. The lowest BCUT2D eigenvalue weighted by molar-refractivity contribution is 0.305. The highest BCUT2D eigenvalue weighted by atomic mass is 16.5. The van der Waals surface area contributed by atoms with Crippen LogP contribution >= 0.6 is 0 Å². The van der Waals surface area contributed by atoms with E-state index in [-0.39, 0.29) is 0 Å². The molecule has 0 fully saturated rings. The van der Waals surface area contributed by atoms with Crippen LogP contribution in [0.5, 0.6) is 23.1 Å². The molecule has 0 unspecified atom stereocenters. The molecule has 144 valence electrons. The van der Waals surface area contributed by atoms with E-state index in [0.717, 1.165) is 28.2 Å². The van der Waals surface area contributed by atoms with Gasteiger partial charge in [-0.15, -0.1) is 0 Å². The standard InChI is InChI=1S/C25H21NO3/c1-27-23-10-5-9-20(17-23)24-11-6-16-26-25(24)29-22-14-12-21(13-15-22)28-18-19-7-3-2-4-8-19/h2-17H,18H2,1H3. The van der Waals surface area contributed by atoms with E-state index in [2.05, 4.69) is 4.98 Å². The maximum Gasteiger partial charge on any atom is 0.227 e. The van der Waals surface area contributed by atoms with E-state index in [1.54, 1.807) is 13.3 Å². The van der Waals surface area contributed by atoms with Gasteiger partial charge in [0.25, 0.3) is 0 Å². The fourth-order valence-corrected chi connectivity index (χ4v) is 2.94. The van der Waals surface area contributed by atoms with E-state index < -0.39 is 0 Å². The number of rotatable bonds is 7. The van der Waals surface area contributed by atoms with Crippen LogP contribution in [0.3, 0.4) is 0 Å². The number of aromatic nitrogens is 1. The molecule has 4 nitrogen and oxygen atoms in total. The van der Waals surface area contributed by atoms with Crippen LogP contribution in [0.25, 0.3) is 11.1 Å². The van der Waals surface area contributed by atoms with Crippen molar-refractivity contribution in [2.24, 2.45) is 0 Å². The van der Waals surface area contributed by atoms with Crippen LogP contribution in [0.2, 0.25) is 0 Å². The van der Waals surface area contributed by atoms with Crippen molar-refractivity contribution >= 4 is 0 Å². The molecular weight excluding hydrogens is 362 g/mol. The number of methoxy groups -OCH3 is 1. The second kappa shape index (κ2) is 8.93. The molecule has 3 aromatic carbocycles. The quantitative estimate of drug-likeness (QED) is 0.385. The van der Waals surface area contributed by atoms with E-state index in [9.17, 15) is 0 Å². The molecule has 0 radical (unpaired) electrons. The van der Waals surface area contributed by atoms with Gasteiger partial charge in [0, 0.05) is 11.8 Å². The number of benzene rings is 3. The Labute approximate surface area is 170 Å². The second-order valence-electron chi connectivity index (χ2n) is 6.44. The highest BCUT2D eigenvalue weighted by molar-refractivity contribution is 5.70. The Kier molecular flexibility index (Phi) is 5.72. The summed E-state index contributed by atoms with van der Waals surface area (Å²) in [6.07, 6.45) is 1.72. The largest absolute Gasteiger partial charge is 0.497 e. The Hall–Kier alpha value is -3.79. The first kappa shape index (κ1) is 18.6. The minimum atomic E-state index is 0.529. The molecule has 0 spiro atoms. The number of pyridine rings is 1. The third-order valence-electron chi connectivity index (χ3n) is 4.44. The van der Waals surface area contributed by atoms with Gasteiger partial charge in [0.15, 0.2) is 0 Å². The molecule has 0 aliphatic rings. The maximum atomic E-state index is 6.05. The molecule has 4 rings (SSSR count). The molecule has 0 amide bonds. The summed E-state index contributed by atoms with van der Waals surface area (Å²) in [6.45, 7) is 0.529. The average molecular weight is 383 g/mol. The molecule has 0 aliphatic carbocycles. The minimum absolute atomic E-state index is 0.529. The molecular formula is C25H21NO3. The molecule has 4 heteroatoms. The van der Waals surface area contributed by atoms with Crippen LogP contribution in [-0.2, 0) is 6.61 Å². The second-order valence-corrected chi connectivity index (χ2v) is 6.44. The van der Waals surface area contributed by atoms with Gasteiger partial charge in [-0.3, -0.25) is 0 Å². The fourth-order valence-electron chi connectivity index (χ4n) is 2.94.